The van der Waals surface area contributed by atoms with E-state index in [1.165, 1.54) is 6.92 Å². The number of Topliss-reactive ketones (excluding diaryl/α,β-unsaturated/α-hetero) is 1. The molecule has 1 aromatic carbocycles. The number of allylic oxidation sites excluding steroid dienone is 1. The number of esters is 1. The Kier molecular flexibility index (Phi) is 4.46. The fourth-order valence-electron chi connectivity index (χ4n) is 2.68. The normalized spacial score (nSPS) is 21.1. The van der Waals surface area contributed by atoms with Crippen LogP contribution in [0.4, 0.5) is 0 Å². The van der Waals surface area contributed by atoms with Gasteiger partial charge in [0.25, 0.3) is 0 Å². The number of hydrogen-bond donors (Lipinski definition) is 0. The topological polar surface area (TPSA) is 52.6 Å². The zero-order valence-electron chi connectivity index (χ0n) is 12.8. The van der Waals surface area contributed by atoms with Crippen molar-refractivity contribution in [1.29, 1.82) is 0 Å². The Labute approximate surface area is 124 Å². The highest BCUT2D eigenvalue weighted by Crippen LogP contribution is 2.40. The van der Waals surface area contributed by atoms with Gasteiger partial charge in [0.1, 0.15) is 5.76 Å². The van der Waals surface area contributed by atoms with Crippen LogP contribution < -0.4 is 0 Å². The summed E-state index contributed by atoms with van der Waals surface area (Å²) < 4.78 is 10.7. The molecule has 0 amide bonds. The van der Waals surface area contributed by atoms with Crippen LogP contribution in [-0.2, 0) is 19.1 Å². The standard InChI is InChI=1S/C17H20O4/c1-5-20-17(19)16-15(13-8-6-10(2)7-9-13)14(11(3)18)12(4)21-16/h6-9,15-16H,5H2,1-4H3/t15-,16-/m0/s1. The number of hydrogen-bond acceptors (Lipinski definition) is 4. The second-order valence-electron chi connectivity index (χ2n) is 5.20. The highest BCUT2D eigenvalue weighted by molar-refractivity contribution is 5.97. The molecule has 0 unspecified atom stereocenters. The van der Waals surface area contributed by atoms with E-state index >= 15 is 0 Å². The number of ether oxygens (including phenoxy) is 2. The van der Waals surface area contributed by atoms with Crippen LogP contribution in [0.15, 0.2) is 35.6 Å². The highest BCUT2D eigenvalue weighted by atomic mass is 16.6. The lowest BCUT2D eigenvalue weighted by molar-refractivity contribution is -0.153. The predicted molar refractivity (Wildman–Crippen MR) is 78.8 cm³/mol. The number of rotatable bonds is 4. The Morgan fingerprint density at radius 3 is 2.33 bits per heavy atom. The maximum absolute atomic E-state index is 12.1. The summed E-state index contributed by atoms with van der Waals surface area (Å²) in [6.45, 7) is 7.24. The van der Waals surface area contributed by atoms with Crippen molar-refractivity contribution in [2.24, 2.45) is 0 Å². The first-order valence-electron chi connectivity index (χ1n) is 7.07. The smallest absolute Gasteiger partial charge is 0.348 e. The lowest BCUT2D eigenvalue weighted by atomic mass is 9.85. The van der Waals surface area contributed by atoms with Gasteiger partial charge in [-0.3, -0.25) is 4.79 Å². The Morgan fingerprint density at radius 1 is 1.19 bits per heavy atom. The third-order valence-corrected chi connectivity index (χ3v) is 3.63. The molecule has 0 bridgehead atoms. The van der Waals surface area contributed by atoms with Crippen LogP contribution in [0.25, 0.3) is 0 Å². The third kappa shape index (κ3) is 2.99. The first-order valence-corrected chi connectivity index (χ1v) is 7.07. The van der Waals surface area contributed by atoms with Crippen molar-refractivity contribution >= 4 is 11.8 Å². The Bertz CT molecular complexity index is 583. The maximum Gasteiger partial charge on any atom is 0.348 e. The molecule has 2 atom stereocenters. The highest BCUT2D eigenvalue weighted by Gasteiger charge is 2.43. The number of aryl methyl sites for hydroxylation is 1. The molecule has 21 heavy (non-hydrogen) atoms. The molecule has 2 rings (SSSR count). The minimum Gasteiger partial charge on any atom is -0.482 e. The summed E-state index contributed by atoms with van der Waals surface area (Å²) in [5, 5.41) is 0. The van der Waals surface area contributed by atoms with Gasteiger partial charge in [-0.1, -0.05) is 29.8 Å². The Balaban J connectivity index is 2.43. The molecule has 1 aromatic rings. The van der Waals surface area contributed by atoms with Gasteiger partial charge in [-0.15, -0.1) is 0 Å². The van der Waals surface area contributed by atoms with Crippen LogP contribution in [-0.4, -0.2) is 24.5 Å². The van der Waals surface area contributed by atoms with Crippen molar-refractivity contribution in [2.75, 3.05) is 6.61 Å². The lowest BCUT2D eigenvalue weighted by Gasteiger charge is -2.19. The number of carbonyl (C=O) groups is 2. The molecule has 0 N–H and O–H groups in total. The molecule has 1 aliphatic heterocycles. The van der Waals surface area contributed by atoms with Gasteiger partial charge in [-0.25, -0.2) is 4.79 Å². The summed E-state index contributed by atoms with van der Waals surface area (Å²) >= 11 is 0. The van der Waals surface area contributed by atoms with Crippen LogP contribution in [0.3, 0.4) is 0 Å². The van der Waals surface area contributed by atoms with Gasteiger partial charge in [0.05, 0.1) is 12.5 Å². The molecule has 4 heteroatoms. The summed E-state index contributed by atoms with van der Waals surface area (Å²) in [6.07, 6.45) is -0.786. The van der Waals surface area contributed by atoms with Crippen molar-refractivity contribution in [3.05, 3.63) is 46.7 Å². The summed E-state index contributed by atoms with van der Waals surface area (Å²) in [4.78, 5) is 24.1. The molecular formula is C17H20O4. The Morgan fingerprint density at radius 2 is 1.81 bits per heavy atom. The van der Waals surface area contributed by atoms with E-state index in [0.29, 0.717) is 11.3 Å². The van der Waals surface area contributed by atoms with Crippen molar-refractivity contribution in [1.82, 2.24) is 0 Å². The molecule has 0 spiro atoms. The second-order valence-corrected chi connectivity index (χ2v) is 5.20. The monoisotopic (exact) mass is 288 g/mol. The molecular weight excluding hydrogens is 268 g/mol. The van der Waals surface area contributed by atoms with Gasteiger partial charge in [-0.2, -0.15) is 0 Å². The number of benzene rings is 1. The molecule has 1 heterocycles. The van der Waals surface area contributed by atoms with Crippen LogP contribution in [0.1, 0.15) is 37.8 Å². The fourth-order valence-corrected chi connectivity index (χ4v) is 2.68. The van der Waals surface area contributed by atoms with Crippen molar-refractivity contribution < 1.29 is 19.1 Å². The summed E-state index contributed by atoms with van der Waals surface area (Å²) in [5.74, 6) is -0.406. The minimum atomic E-state index is -0.786. The molecule has 1 aliphatic rings. The summed E-state index contributed by atoms with van der Waals surface area (Å²) in [5.41, 5.74) is 2.56. The van der Waals surface area contributed by atoms with Gasteiger partial charge >= 0.3 is 5.97 Å². The zero-order valence-corrected chi connectivity index (χ0v) is 12.8. The van der Waals surface area contributed by atoms with E-state index in [4.69, 9.17) is 9.47 Å². The van der Waals surface area contributed by atoms with Crippen molar-refractivity contribution in [3.63, 3.8) is 0 Å². The minimum absolute atomic E-state index is 0.0788. The van der Waals surface area contributed by atoms with Gasteiger partial charge in [0.15, 0.2) is 5.78 Å². The van der Waals surface area contributed by atoms with E-state index in [-0.39, 0.29) is 12.4 Å². The molecule has 4 nitrogen and oxygen atoms in total. The average molecular weight is 288 g/mol. The van der Waals surface area contributed by atoms with Gasteiger partial charge in [0.2, 0.25) is 6.10 Å². The largest absolute Gasteiger partial charge is 0.482 e. The summed E-state index contributed by atoms with van der Waals surface area (Å²) in [6, 6.07) is 7.78. The van der Waals surface area contributed by atoms with E-state index < -0.39 is 18.0 Å². The van der Waals surface area contributed by atoms with Crippen LogP contribution in [0.5, 0.6) is 0 Å². The fraction of sp³-hybridized carbons (Fsp3) is 0.412. The molecule has 0 aromatic heterocycles. The van der Waals surface area contributed by atoms with E-state index in [0.717, 1.165) is 11.1 Å². The first-order chi connectivity index (χ1) is 9.95. The van der Waals surface area contributed by atoms with Gasteiger partial charge in [0, 0.05) is 5.57 Å². The molecule has 0 fully saturated rings. The molecule has 0 saturated carbocycles. The van der Waals surface area contributed by atoms with Gasteiger partial charge in [-0.05, 0) is 33.3 Å². The third-order valence-electron chi connectivity index (χ3n) is 3.63. The SMILES string of the molecule is CCOC(=O)[C@H]1OC(C)=C(C(C)=O)[C@@H]1c1ccc(C)cc1. The first kappa shape index (κ1) is 15.3. The Hall–Kier alpha value is -2.10. The zero-order chi connectivity index (χ0) is 15.6. The van der Waals surface area contributed by atoms with Crippen molar-refractivity contribution in [2.45, 2.75) is 39.7 Å². The van der Waals surface area contributed by atoms with Crippen LogP contribution >= 0.6 is 0 Å². The van der Waals surface area contributed by atoms with Crippen molar-refractivity contribution in [3.8, 4) is 0 Å². The molecule has 0 aliphatic carbocycles. The molecule has 112 valence electrons. The van der Waals surface area contributed by atoms with Gasteiger partial charge < -0.3 is 9.47 Å². The van der Waals surface area contributed by atoms with E-state index in [2.05, 4.69) is 0 Å². The average Bonchev–Trinajstić information content (AvgIpc) is 2.77. The van der Waals surface area contributed by atoms with Crippen LogP contribution in [0, 0.1) is 6.92 Å². The maximum atomic E-state index is 12.1. The second kappa shape index (κ2) is 6.12. The lowest BCUT2D eigenvalue weighted by Crippen LogP contribution is -2.30. The van der Waals surface area contributed by atoms with Crippen LogP contribution in [0.2, 0.25) is 0 Å². The molecule has 0 saturated heterocycles. The van der Waals surface area contributed by atoms with E-state index in [1.54, 1.807) is 13.8 Å². The summed E-state index contributed by atoms with van der Waals surface area (Å²) in [7, 11) is 0. The number of carbonyl (C=O) groups excluding carboxylic acids is 2. The van der Waals surface area contributed by atoms with E-state index in [1.807, 2.05) is 31.2 Å². The number of ketones is 1. The predicted octanol–water partition coefficient (Wildman–Crippen LogP) is 2.90. The quantitative estimate of drug-likeness (QED) is 0.799. The van der Waals surface area contributed by atoms with E-state index in [9.17, 15) is 9.59 Å². The molecule has 0 radical (unpaired) electrons.